The molecule has 1 N–H and O–H groups in total. The van der Waals surface area contributed by atoms with Crippen LogP contribution in [0.5, 0.6) is 0 Å². The van der Waals surface area contributed by atoms with Crippen LogP contribution in [-0.4, -0.2) is 41.5 Å². The van der Waals surface area contributed by atoms with Crippen molar-refractivity contribution in [3.63, 3.8) is 0 Å². The summed E-state index contributed by atoms with van der Waals surface area (Å²) in [5.41, 5.74) is 2.56. The number of hydrogen-bond acceptors (Lipinski definition) is 4. The van der Waals surface area contributed by atoms with Crippen molar-refractivity contribution in [2.45, 2.75) is 37.1 Å². The van der Waals surface area contributed by atoms with Crippen molar-refractivity contribution >= 4 is 27.3 Å². The number of aromatic nitrogens is 1. The summed E-state index contributed by atoms with van der Waals surface area (Å²) < 4.78 is 1.32. The Morgan fingerprint density at radius 1 is 1.07 bits per heavy atom. The number of nitrogens with zero attached hydrogens (tertiary/aromatic N) is 2. The zero-order chi connectivity index (χ0) is 18.9. The number of benzene rings is 1. The highest BCUT2D eigenvalue weighted by Gasteiger charge is 2.34. The van der Waals surface area contributed by atoms with Crippen LogP contribution in [0.3, 0.4) is 0 Å². The number of amides is 1. The van der Waals surface area contributed by atoms with E-state index in [1.807, 2.05) is 12.3 Å². The van der Waals surface area contributed by atoms with Crippen molar-refractivity contribution in [2.75, 3.05) is 19.6 Å². The molecule has 4 heterocycles. The molecule has 0 saturated carbocycles. The van der Waals surface area contributed by atoms with Crippen molar-refractivity contribution in [1.82, 2.24) is 15.2 Å². The molecule has 2 atom stereocenters. The molecule has 0 radical (unpaired) electrons. The average molecular weight is 392 g/mol. The molecule has 0 spiro atoms. The molecule has 2 saturated heterocycles. The minimum Gasteiger partial charge on any atom is -0.341 e. The van der Waals surface area contributed by atoms with Gasteiger partial charge in [-0.1, -0.05) is 30.3 Å². The number of rotatable bonds is 3. The van der Waals surface area contributed by atoms with Crippen LogP contribution in [0, 0.1) is 0 Å². The maximum absolute atomic E-state index is 13.0. The fraction of sp³-hybridized carbons (Fsp3) is 0.391. The highest BCUT2D eigenvalue weighted by Crippen LogP contribution is 2.34. The molecule has 2 aliphatic rings. The van der Waals surface area contributed by atoms with Gasteiger partial charge in [0.15, 0.2) is 0 Å². The van der Waals surface area contributed by atoms with Crippen LogP contribution in [0.25, 0.3) is 10.1 Å². The van der Waals surface area contributed by atoms with Gasteiger partial charge in [-0.2, -0.15) is 0 Å². The Hall–Kier alpha value is -2.24. The van der Waals surface area contributed by atoms with Gasteiger partial charge in [-0.05, 0) is 53.6 Å². The Balaban J connectivity index is 1.21. The summed E-state index contributed by atoms with van der Waals surface area (Å²) in [6.45, 7) is 2.56. The number of pyridine rings is 1. The molecule has 0 bridgehead atoms. The Morgan fingerprint density at radius 3 is 2.71 bits per heavy atom. The number of likely N-dealkylation sites (tertiary alicyclic amines) is 1. The summed E-state index contributed by atoms with van der Waals surface area (Å²) in [7, 11) is 0. The molecule has 28 heavy (non-hydrogen) atoms. The van der Waals surface area contributed by atoms with Crippen molar-refractivity contribution in [3.8, 4) is 0 Å². The van der Waals surface area contributed by atoms with Crippen LogP contribution in [0.4, 0.5) is 0 Å². The molecule has 0 unspecified atom stereocenters. The summed E-state index contributed by atoms with van der Waals surface area (Å²) >= 11 is 1.78. The summed E-state index contributed by atoms with van der Waals surface area (Å²) in [5.74, 6) is 1.17. The number of thiophene rings is 1. The fourth-order valence-electron chi connectivity index (χ4n) is 4.70. The average Bonchev–Trinajstić information content (AvgIpc) is 3.43. The zero-order valence-electron chi connectivity index (χ0n) is 15.9. The summed E-state index contributed by atoms with van der Waals surface area (Å²) in [4.78, 5) is 19.8. The highest BCUT2D eigenvalue weighted by atomic mass is 32.1. The molecule has 1 amide bonds. The molecule has 2 fully saturated rings. The van der Waals surface area contributed by atoms with Crippen molar-refractivity contribution in [3.05, 3.63) is 65.3 Å². The van der Waals surface area contributed by atoms with E-state index in [0.717, 1.165) is 38.9 Å². The van der Waals surface area contributed by atoms with Gasteiger partial charge in [0, 0.05) is 31.7 Å². The largest absolute Gasteiger partial charge is 0.341 e. The summed E-state index contributed by atoms with van der Waals surface area (Å²) in [6.07, 6.45) is 4.84. The van der Waals surface area contributed by atoms with Crippen LogP contribution in [0.15, 0.2) is 54.0 Å². The van der Waals surface area contributed by atoms with E-state index in [-0.39, 0.29) is 11.9 Å². The van der Waals surface area contributed by atoms with Gasteiger partial charge in [0.1, 0.15) is 0 Å². The first-order chi connectivity index (χ1) is 13.8. The lowest BCUT2D eigenvalue weighted by molar-refractivity contribution is -0.134. The lowest BCUT2D eigenvalue weighted by Gasteiger charge is -2.33. The Labute approximate surface area is 169 Å². The predicted octanol–water partition coefficient (Wildman–Crippen LogP) is 4.15. The van der Waals surface area contributed by atoms with Crippen molar-refractivity contribution in [2.24, 2.45) is 0 Å². The van der Waals surface area contributed by atoms with Crippen LogP contribution < -0.4 is 5.32 Å². The molecule has 2 aromatic heterocycles. The smallest absolute Gasteiger partial charge is 0.239 e. The molecule has 2 aliphatic heterocycles. The predicted molar refractivity (Wildman–Crippen MR) is 114 cm³/mol. The third-order valence-corrected chi connectivity index (χ3v) is 7.24. The molecule has 3 aromatic rings. The van der Waals surface area contributed by atoms with Crippen LogP contribution in [-0.2, 0) is 4.79 Å². The first kappa shape index (κ1) is 17.8. The van der Waals surface area contributed by atoms with E-state index in [1.165, 1.54) is 21.3 Å². The van der Waals surface area contributed by atoms with Crippen LogP contribution >= 0.6 is 11.3 Å². The second-order valence-corrected chi connectivity index (χ2v) is 8.85. The van der Waals surface area contributed by atoms with Gasteiger partial charge in [-0.15, -0.1) is 11.3 Å². The maximum atomic E-state index is 13.0. The number of fused-ring (bicyclic) bond motifs is 1. The van der Waals surface area contributed by atoms with Gasteiger partial charge in [-0.25, -0.2) is 0 Å². The minimum absolute atomic E-state index is 0.0411. The first-order valence-electron chi connectivity index (χ1n) is 10.2. The van der Waals surface area contributed by atoms with E-state index >= 15 is 0 Å². The molecular formula is C23H25N3OS. The number of hydrogen-bond donors (Lipinski definition) is 1. The van der Waals surface area contributed by atoms with E-state index in [1.54, 1.807) is 11.3 Å². The van der Waals surface area contributed by atoms with E-state index in [0.29, 0.717) is 11.8 Å². The van der Waals surface area contributed by atoms with Gasteiger partial charge in [0.05, 0.1) is 16.4 Å². The number of carbonyl (C=O) groups is 1. The molecule has 5 heteroatoms. The highest BCUT2D eigenvalue weighted by molar-refractivity contribution is 7.17. The van der Waals surface area contributed by atoms with E-state index in [4.69, 9.17) is 0 Å². The second-order valence-electron chi connectivity index (χ2n) is 7.94. The van der Waals surface area contributed by atoms with Crippen molar-refractivity contribution < 1.29 is 4.79 Å². The number of piperidine rings is 1. The van der Waals surface area contributed by atoms with Gasteiger partial charge in [-0.3, -0.25) is 9.78 Å². The maximum Gasteiger partial charge on any atom is 0.239 e. The SMILES string of the molecule is O=C([C@H]1C[C@@H](c2ccccc2)CN1)N1CCC(c2nccc3ccsc23)CC1. The number of carbonyl (C=O) groups excluding carboxylic acids is 1. The lowest BCUT2D eigenvalue weighted by atomic mass is 9.91. The third kappa shape index (κ3) is 3.33. The van der Waals surface area contributed by atoms with Gasteiger partial charge in [0.25, 0.3) is 0 Å². The second kappa shape index (κ2) is 7.64. The molecular weight excluding hydrogens is 366 g/mol. The van der Waals surface area contributed by atoms with E-state index in [9.17, 15) is 4.79 Å². The molecule has 0 aliphatic carbocycles. The first-order valence-corrected chi connectivity index (χ1v) is 11.1. The Kier molecular flexibility index (Phi) is 4.87. The van der Waals surface area contributed by atoms with E-state index < -0.39 is 0 Å². The van der Waals surface area contributed by atoms with Crippen LogP contribution in [0.1, 0.15) is 42.4 Å². The zero-order valence-corrected chi connectivity index (χ0v) is 16.7. The molecule has 5 rings (SSSR count). The standard InChI is InChI=1S/C23H25N3OS/c27-23(20-14-19(15-25-20)16-4-2-1-3-5-16)26-11-7-17(8-12-26)21-22-18(6-10-24-21)9-13-28-22/h1-6,9-10,13,17,19-20,25H,7-8,11-12,14-15H2/t19-,20-/m1/s1. The quantitative estimate of drug-likeness (QED) is 0.730. The molecule has 1 aromatic carbocycles. The summed E-state index contributed by atoms with van der Waals surface area (Å²) in [5, 5.41) is 6.89. The Morgan fingerprint density at radius 2 is 1.89 bits per heavy atom. The monoisotopic (exact) mass is 391 g/mol. The number of nitrogens with one attached hydrogen (secondary N) is 1. The molecule has 4 nitrogen and oxygen atoms in total. The normalized spacial score (nSPS) is 23.4. The minimum atomic E-state index is -0.0411. The molecule has 144 valence electrons. The lowest BCUT2D eigenvalue weighted by Crippen LogP contribution is -2.46. The van der Waals surface area contributed by atoms with Gasteiger partial charge in [0.2, 0.25) is 5.91 Å². The van der Waals surface area contributed by atoms with Gasteiger partial charge >= 0.3 is 0 Å². The topological polar surface area (TPSA) is 45.2 Å². The fourth-order valence-corrected chi connectivity index (χ4v) is 5.67. The van der Waals surface area contributed by atoms with Crippen LogP contribution in [0.2, 0.25) is 0 Å². The third-order valence-electron chi connectivity index (χ3n) is 6.29. The summed E-state index contributed by atoms with van der Waals surface area (Å²) in [6, 6.07) is 14.8. The van der Waals surface area contributed by atoms with Gasteiger partial charge < -0.3 is 10.2 Å². The Bertz CT molecular complexity index is 962. The van der Waals surface area contributed by atoms with Crippen molar-refractivity contribution in [1.29, 1.82) is 0 Å². The van der Waals surface area contributed by atoms with E-state index in [2.05, 4.69) is 57.0 Å².